The van der Waals surface area contributed by atoms with Gasteiger partial charge in [0, 0.05) is 18.7 Å². The van der Waals surface area contributed by atoms with E-state index >= 15 is 0 Å². The molecule has 8 nitrogen and oxygen atoms in total. The van der Waals surface area contributed by atoms with Gasteiger partial charge in [0.25, 0.3) is 11.7 Å². The third-order valence-corrected chi connectivity index (χ3v) is 5.41. The zero-order valence-electron chi connectivity index (χ0n) is 18.9. The Kier molecular flexibility index (Phi) is 7.05. The second kappa shape index (κ2) is 9.74. The van der Waals surface area contributed by atoms with Crippen molar-refractivity contribution in [2.45, 2.75) is 6.04 Å². The van der Waals surface area contributed by atoms with Gasteiger partial charge in [0.15, 0.2) is 11.5 Å². The molecule has 3 rings (SSSR count). The van der Waals surface area contributed by atoms with E-state index in [2.05, 4.69) is 0 Å². The van der Waals surface area contributed by atoms with Crippen LogP contribution in [0.1, 0.15) is 17.2 Å². The molecule has 1 aliphatic rings. The molecule has 1 saturated heterocycles. The predicted octanol–water partition coefficient (Wildman–Crippen LogP) is 2.70. The third-order valence-electron chi connectivity index (χ3n) is 5.41. The standard InChI is InChI=1S/C24H28N2O6/c1-25(2)12-13-26-21(16-8-11-18(31-4)19(14-16)32-5)20(23(28)24(26)29)22(27)15-6-9-17(30-3)10-7-15/h6-11,14,21,27H,12-13H2,1-5H3/b22-20+. The molecule has 2 aromatic rings. The minimum atomic E-state index is -0.767. The van der Waals surface area contributed by atoms with Crippen LogP contribution >= 0.6 is 0 Å². The summed E-state index contributed by atoms with van der Waals surface area (Å²) in [7, 11) is 8.37. The average molecular weight is 440 g/mol. The average Bonchev–Trinajstić information content (AvgIpc) is 3.06. The van der Waals surface area contributed by atoms with Crippen molar-refractivity contribution in [2.24, 2.45) is 0 Å². The zero-order chi connectivity index (χ0) is 23.4. The number of aliphatic hydroxyl groups is 1. The number of hydrogen-bond acceptors (Lipinski definition) is 7. The van der Waals surface area contributed by atoms with E-state index < -0.39 is 17.7 Å². The number of ether oxygens (including phenoxy) is 3. The van der Waals surface area contributed by atoms with Gasteiger partial charge in [-0.25, -0.2) is 0 Å². The Bertz CT molecular complexity index is 1030. The van der Waals surface area contributed by atoms with Crippen LogP contribution in [0.25, 0.3) is 5.76 Å². The predicted molar refractivity (Wildman–Crippen MR) is 120 cm³/mol. The molecule has 2 aromatic carbocycles. The fourth-order valence-electron chi connectivity index (χ4n) is 3.69. The summed E-state index contributed by atoms with van der Waals surface area (Å²) in [5, 5.41) is 11.1. The smallest absolute Gasteiger partial charge is 0.295 e. The lowest BCUT2D eigenvalue weighted by Crippen LogP contribution is -2.35. The molecule has 1 fully saturated rings. The van der Waals surface area contributed by atoms with Gasteiger partial charge in [-0.3, -0.25) is 9.59 Å². The Morgan fingerprint density at radius 3 is 2.19 bits per heavy atom. The van der Waals surface area contributed by atoms with Gasteiger partial charge in [0.05, 0.1) is 32.9 Å². The maximum absolute atomic E-state index is 13.1. The Morgan fingerprint density at radius 1 is 0.969 bits per heavy atom. The first-order valence-electron chi connectivity index (χ1n) is 10.1. The largest absolute Gasteiger partial charge is 0.507 e. The highest BCUT2D eigenvalue weighted by Gasteiger charge is 2.46. The van der Waals surface area contributed by atoms with E-state index in [1.807, 2.05) is 19.0 Å². The van der Waals surface area contributed by atoms with Crippen LogP contribution in [0.2, 0.25) is 0 Å². The Labute approximate surface area is 187 Å². The molecule has 1 heterocycles. The van der Waals surface area contributed by atoms with E-state index in [-0.39, 0.29) is 11.3 Å². The van der Waals surface area contributed by atoms with E-state index in [9.17, 15) is 14.7 Å². The number of nitrogens with zero attached hydrogens (tertiary/aromatic N) is 2. The molecule has 1 amide bonds. The molecule has 0 radical (unpaired) electrons. The van der Waals surface area contributed by atoms with Crippen LogP contribution in [0.15, 0.2) is 48.0 Å². The van der Waals surface area contributed by atoms with Gasteiger partial charge < -0.3 is 29.1 Å². The van der Waals surface area contributed by atoms with Gasteiger partial charge in [-0.2, -0.15) is 0 Å². The van der Waals surface area contributed by atoms with Crippen molar-refractivity contribution in [3.63, 3.8) is 0 Å². The number of likely N-dealkylation sites (N-methyl/N-ethyl adjacent to an activating group) is 1. The third kappa shape index (κ3) is 4.40. The molecule has 8 heteroatoms. The highest BCUT2D eigenvalue weighted by Crippen LogP contribution is 2.41. The molecule has 1 atom stereocenters. The summed E-state index contributed by atoms with van der Waals surface area (Å²) in [5.41, 5.74) is 1.09. The first-order chi connectivity index (χ1) is 15.3. The minimum absolute atomic E-state index is 0.0335. The van der Waals surface area contributed by atoms with Gasteiger partial charge in [-0.1, -0.05) is 6.07 Å². The lowest BCUT2D eigenvalue weighted by Gasteiger charge is -2.27. The van der Waals surface area contributed by atoms with Crippen molar-refractivity contribution in [3.05, 3.63) is 59.2 Å². The van der Waals surface area contributed by atoms with Crippen molar-refractivity contribution in [1.82, 2.24) is 9.80 Å². The molecule has 1 unspecified atom stereocenters. The van der Waals surface area contributed by atoms with Gasteiger partial charge in [-0.05, 0) is 56.1 Å². The highest BCUT2D eigenvalue weighted by molar-refractivity contribution is 6.46. The van der Waals surface area contributed by atoms with Crippen molar-refractivity contribution < 1.29 is 28.9 Å². The summed E-state index contributed by atoms with van der Waals surface area (Å²) in [6, 6.07) is 11.1. The maximum atomic E-state index is 13.1. The quantitative estimate of drug-likeness (QED) is 0.384. The first-order valence-corrected chi connectivity index (χ1v) is 10.1. The summed E-state index contributed by atoms with van der Waals surface area (Å²) in [5.74, 6) is -0.00888. The molecule has 0 bridgehead atoms. The van der Waals surface area contributed by atoms with Gasteiger partial charge in [0.1, 0.15) is 11.5 Å². The van der Waals surface area contributed by atoms with Crippen LogP contribution in [0.4, 0.5) is 0 Å². The summed E-state index contributed by atoms with van der Waals surface area (Å²) >= 11 is 0. The SMILES string of the molecule is COc1ccc(/C(O)=C2\C(=O)C(=O)N(CCN(C)C)C2c2ccc(OC)c(OC)c2)cc1. The van der Waals surface area contributed by atoms with E-state index in [0.717, 1.165) is 0 Å². The van der Waals surface area contributed by atoms with Crippen LogP contribution < -0.4 is 14.2 Å². The maximum Gasteiger partial charge on any atom is 0.295 e. The van der Waals surface area contributed by atoms with Crippen molar-refractivity contribution in [1.29, 1.82) is 0 Å². The summed E-state index contributed by atoms with van der Waals surface area (Å²) < 4.78 is 15.9. The Morgan fingerprint density at radius 2 is 1.62 bits per heavy atom. The molecule has 1 aliphatic heterocycles. The topological polar surface area (TPSA) is 88.5 Å². The number of aliphatic hydroxyl groups excluding tert-OH is 1. The lowest BCUT2D eigenvalue weighted by molar-refractivity contribution is -0.140. The first kappa shape index (κ1) is 23.1. The highest BCUT2D eigenvalue weighted by atomic mass is 16.5. The molecule has 32 heavy (non-hydrogen) atoms. The van der Waals surface area contributed by atoms with Gasteiger partial charge >= 0.3 is 0 Å². The van der Waals surface area contributed by atoms with Crippen LogP contribution in [-0.4, -0.2) is 75.1 Å². The summed E-state index contributed by atoms with van der Waals surface area (Å²) in [6.07, 6.45) is 0. The molecule has 170 valence electrons. The van der Waals surface area contributed by atoms with E-state index in [4.69, 9.17) is 14.2 Å². The minimum Gasteiger partial charge on any atom is -0.507 e. The molecular weight excluding hydrogens is 412 g/mol. The number of likely N-dealkylation sites (tertiary alicyclic amines) is 1. The number of methoxy groups -OCH3 is 3. The van der Waals surface area contributed by atoms with Crippen LogP contribution in [0.3, 0.4) is 0 Å². The van der Waals surface area contributed by atoms with Crippen molar-refractivity contribution in [2.75, 3.05) is 48.5 Å². The van der Waals surface area contributed by atoms with Gasteiger partial charge in [0.2, 0.25) is 0 Å². The number of carbonyl (C=O) groups excluding carboxylic acids is 2. The zero-order valence-corrected chi connectivity index (χ0v) is 18.9. The van der Waals surface area contributed by atoms with Crippen LogP contribution in [0.5, 0.6) is 17.2 Å². The monoisotopic (exact) mass is 440 g/mol. The van der Waals surface area contributed by atoms with Crippen LogP contribution in [-0.2, 0) is 9.59 Å². The summed E-state index contributed by atoms with van der Waals surface area (Å²) in [6.45, 7) is 0.870. The summed E-state index contributed by atoms with van der Waals surface area (Å²) in [4.78, 5) is 29.4. The van der Waals surface area contributed by atoms with E-state index in [1.165, 1.54) is 19.1 Å². The molecule has 0 spiro atoms. The number of ketones is 1. The number of Topliss-reactive ketones (excluding diaryl/α,β-unsaturated/α-hetero) is 1. The Hall–Kier alpha value is -3.52. The Balaban J connectivity index is 2.16. The second-order valence-corrected chi connectivity index (χ2v) is 7.64. The number of carbonyl (C=O) groups is 2. The lowest BCUT2D eigenvalue weighted by atomic mass is 9.95. The number of benzene rings is 2. The fourth-order valence-corrected chi connectivity index (χ4v) is 3.69. The van der Waals surface area contributed by atoms with E-state index in [1.54, 1.807) is 49.6 Å². The van der Waals surface area contributed by atoms with Crippen molar-refractivity contribution in [3.8, 4) is 17.2 Å². The van der Waals surface area contributed by atoms with Crippen molar-refractivity contribution >= 4 is 17.4 Å². The number of hydrogen-bond donors (Lipinski definition) is 1. The second-order valence-electron chi connectivity index (χ2n) is 7.64. The van der Waals surface area contributed by atoms with Crippen LogP contribution in [0, 0.1) is 0 Å². The number of amides is 1. The molecule has 0 saturated carbocycles. The van der Waals surface area contributed by atoms with E-state index in [0.29, 0.717) is 41.5 Å². The fraction of sp³-hybridized carbons (Fsp3) is 0.333. The molecular formula is C24H28N2O6. The molecule has 0 aliphatic carbocycles. The molecule has 0 aromatic heterocycles. The molecule has 1 N–H and O–H groups in total. The number of rotatable bonds is 8. The normalized spacial score (nSPS) is 17.7. The van der Waals surface area contributed by atoms with Gasteiger partial charge in [-0.15, -0.1) is 0 Å².